The molecule has 0 bridgehead atoms. The first kappa shape index (κ1) is 9.06. The van der Waals surface area contributed by atoms with Gasteiger partial charge in [0.15, 0.2) is 0 Å². The molecule has 0 spiro atoms. The van der Waals surface area contributed by atoms with Crippen molar-refractivity contribution >= 4 is 11.7 Å². The summed E-state index contributed by atoms with van der Waals surface area (Å²) < 4.78 is 0. The third-order valence-corrected chi connectivity index (χ3v) is 2.77. The van der Waals surface area contributed by atoms with E-state index in [1.54, 1.807) is 0 Å². The molecule has 0 radical (unpaired) electrons. The number of carboxylic acids is 1. The fourth-order valence-corrected chi connectivity index (χ4v) is 1.99. The van der Waals surface area contributed by atoms with E-state index in [4.69, 9.17) is 5.11 Å². The lowest BCUT2D eigenvalue weighted by Crippen LogP contribution is -2.30. The summed E-state index contributed by atoms with van der Waals surface area (Å²) in [6.45, 7) is 0.813. The number of rotatable bonds is 1. The van der Waals surface area contributed by atoms with Crippen molar-refractivity contribution in [3.05, 3.63) is 29.8 Å². The third-order valence-electron chi connectivity index (χ3n) is 2.77. The van der Waals surface area contributed by atoms with Crippen LogP contribution < -0.4 is 4.90 Å². The first-order valence-electron chi connectivity index (χ1n) is 4.73. The van der Waals surface area contributed by atoms with Crippen molar-refractivity contribution in [1.82, 2.24) is 0 Å². The van der Waals surface area contributed by atoms with Gasteiger partial charge in [-0.15, -0.1) is 0 Å². The predicted octanol–water partition coefficient (Wildman–Crippen LogP) is 1.69. The average Bonchev–Trinajstić information content (AvgIpc) is 2.18. The summed E-state index contributed by atoms with van der Waals surface area (Å²) in [4.78, 5) is 13.1. The molecule has 1 heterocycles. The van der Waals surface area contributed by atoms with Crippen molar-refractivity contribution < 1.29 is 9.90 Å². The number of para-hydroxylation sites is 1. The quantitative estimate of drug-likeness (QED) is 0.734. The maximum atomic E-state index is 11.0. The van der Waals surface area contributed by atoms with Crippen molar-refractivity contribution in [3.8, 4) is 0 Å². The summed E-state index contributed by atoms with van der Waals surface area (Å²) in [7, 11) is 2.00. The Balaban J connectivity index is 2.46. The highest BCUT2D eigenvalue weighted by atomic mass is 16.4. The molecule has 1 aliphatic heterocycles. The molecule has 1 aliphatic rings. The zero-order valence-corrected chi connectivity index (χ0v) is 8.10. The number of benzene rings is 1. The number of fused-ring (bicyclic) bond motifs is 1. The number of anilines is 1. The molecular weight excluding hydrogens is 178 g/mol. The maximum absolute atomic E-state index is 11.0. The Labute approximate surface area is 83.0 Å². The van der Waals surface area contributed by atoms with Crippen LogP contribution in [0.5, 0.6) is 0 Å². The highest BCUT2D eigenvalue weighted by Crippen LogP contribution is 2.34. The molecule has 0 amide bonds. The van der Waals surface area contributed by atoms with Gasteiger partial charge < -0.3 is 10.0 Å². The number of nitrogens with zero attached hydrogens (tertiary/aromatic N) is 1. The van der Waals surface area contributed by atoms with Gasteiger partial charge in [-0.25, -0.2) is 0 Å². The number of hydrogen-bond donors (Lipinski definition) is 1. The van der Waals surface area contributed by atoms with Gasteiger partial charge in [0.2, 0.25) is 0 Å². The second kappa shape index (κ2) is 3.33. The monoisotopic (exact) mass is 191 g/mol. The van der Waals surface area contributed by atoms with Crippen molar-refractivity contribution in [2.75, 3.05) is 18.5 Å². The molecule has 74 valence electrons. The fourth-order valence-electron chi connectivity index (χ4n) is 1.99. The highest BCUT2D eigenvalue weighted by molar-refractivity contribution is 5.80. The fraction of sp³-hybridized carbons (Fsp3) is 0.364. The number of aliphatic carboxylic acids is 1. The van der Waals surface area contributed by atoms with E-state index in [2.05, 4.69) is 4.90 Å². The summed E-state index contributed by atoms with van der Waals surface area (Å²) in [6.07, 6.45) is 0.697. The van der Waals surface area contributed by atoms with Crippen LogP contribution in [0.15, 0.2) is 24.3 Å². The van der Waals surface area contributed by atoms with Gasteiger partial charge >= 0.3 is 5.97 Å². The van der Waals surface area contributed by atoms with Crippen molar-refractivity contribution in [3.63, 3.8) is 0 Å². The van der Waals surface area contributed by atoms with Crippen LogP contribution in [0.1, 0.15) is 17.9 Å². The third kappa shape index (κ3) is 1.35. The second-order valence-corrected chi connectivity index (χ2v) is 3.66. The number of hydrogen-bond acceptors (Lipinski definition) is 2. The van der Waals surface area contributed by atoms with Crippen LogP contribution in [0.25, 0.3) is 0 Å². The summed E-state index contributed by atoms with van der Waals surface area (Å²) in [5.41, 5.74) is 1.99. The Morgan fingerprint density at radius 2 is 2.21 bits per heavy atom. The molecule has 3 heteroatoms. The SMILES string of the molecule is CN1CC[C@@H](C(=O)O)c2ccccc21. The van der Waals surface area contributed by atoms with Gasteiger partial charge in [-0.1, -0.05) is 18.2 Å². The van der Waals surface area contributed by atoms with Gasteiger partial charge in [0.25, 0.3) is 0 Å². The zero-order chi connectivity index (χ0) is 10.1. The molecule has 2 rings (SSSR count). The molecule has 0 saturated heterocycles. The lowest BCUT2D eigenvalue weighted by molar-refractivity contribution is -0.139. The molecule has 0 aliphatic carbocycles. The Morgan fingerprint density at radius 1 is 1.50 bits per heavy atom. The molecular formula is C11H13NO2. The van der Waals surface area contributed by atoms with Crippen LogP contribution in [-0.2, 0) is 4.79 Å². The van der Waals surface area contributed by atoms with Gasteiger partial charge in [0.1, 0.15) is 0 Å². The maximum Gasteiger partial charge on any atom is 0.311 e. The van der Waals surface area contributed by atoms with E-state index in [1.165, 1.54) is 0 Å². The van der Waals surface area contributed by atoms with Crippen LogP contribution in [0, 0.1) is 0 Å². The minimum Gasteiger partial charge on any atom is -0.481 e. The molecule has 14 heavy (non-hydrogen) atoms. The van der Waals surface area contributed by atoms with Gasteiger partial charge in [-0.2, -0.15) is 0 Å². The van der Waals surface area contributed by atoms with Crippen LogP contribution in [0.2, 0.25) is 0 Å². The largest absolute Gasteiger partial charge is 0.481 e. The lowest BCUT2D eigenvalue weighted by Gasteiger charge is -2.31. The molecule has 0 unspecified atom stereocenters. The van der Waals surface area contributed by atoms with Crippen molar-refractivity contribution in [2.24, 2.45) is 0 Å². The smallest absolute Gasteiger partial charge is 0.311 e. The molecule has 0 saturated carbocycles. The van der Waals surface area contributed by atoms with Crippen molar-refractivity contribution in [1.29, 1.82) is 0 Å². The van der Waals surface area contributed by atoms with Gasteiger partial charge in [-0.3, -0.25) is 4.79 Å². The van der Waals surface area contributed by atoms with E-state index < -0.39 is 5.97 Å². The van der Waals surface area contributed by atoms with Crippen LogP contribution in [0.4, 0.5) is 5.69 Å². The first-order chi connectivity index (χ1) is 6.70. The summed E-state index contributed by atoms with van der Waals surface area (Å²) >= 11 is 0. The number of carboxylic acid groups (broad SMARTS) is 1. The van der Waals surface area contributed by atoms with E-state index in [0.717, 1.165) is 17.8 Å². The predicted molar refractivity (Wildman–Crippen MR) is 54.7 cm³/mol. The van der Waals surface area contributed by atoms with E-state index in [9.17, 15) is 4.79 Å². The Kier molecular flexibility index (Phi) is 2.15. The van der Waals surface area contributed by atoms with E-state index in [0.29, 0.717) is 6.42 Å². The average molecular weight is 191 g/mol. The summed E-state index contributed by atoms with van der Waals surface area (Å²) in [5.74, 6) is -1.05. The molecule has 1 atom stereocenters. The lowest BCUT2D eigenvalue weighted by atomic mass is 9.90. The summed E-state index contributed by atoms with van der Waals surface area (Å²) in [6, 6.07) is 7.72. The molecule has 0 aromatic heterocycles. The Bertz CT molecular complexity index is 362. The molecule has 3 nitrogen and oxygen atoms in total. The topological polar surface area (TPSA) is 40.5 Å². The molecule has 1 aromatic carbocycles. The molecule has 1 N–H and O–H groups in total. The normalized spacial score (nSPS) is 20.4. The van der Waals surface area contributed by atoms with Crippen LogP contribution in [0.3, 0.4) is 0 Å². The van der Waals surface area contributed by atoms with Crippen LogP contribution >= 0.6 is 0 Å². The minimum absolute atomic E-state index is 0.331. The highest BCUT2D eigenvalue weighted by Gasteiger charge is 2.27. The Morgan fingerprint density at radius 3 is 2.93 bits per heavy atom. The summed E-state index contributed by atoms with van der Waals surface area (Å²) in [5, 5.41) is 9.05. The zero-order valence-electron chi connectivity index (χ0n) is 8.10. The first-order valence-corrected chi connectivity index (χ1v) is 4.73. The van der Waals surface area contributed by atoms with Gasteiger partial charge in [0, 0.05) is 19.3 Å². The minimum atomic E-state index is -0.717. The number of carbonyl (C=O) groups is 1. The van der Waals surface area contributed by atoms with Gasteiger partial charge in [0.05, 0.1) is 5.92 Å². The Hall–Kier alpha value is -1.51. The standard InChI is InChI=1S/C11H13NO2/c1-12-7-6-9(11(13)14)8-4-2-3-5-10(8)12/h2-5,9H,6-7H2,1H3,(H,13,14)/t9-/m1/s1. The molecule has 0 fully saturated rings. The van der Waals surface area contributed by atoms with E-state index in [-0.39, 0.29) is 5.92 Å². The van der Waals surface area contributed by atoms with E-state index in [1.807, 2.05) is 31.3 Å². The molecule has 1 aromatic rings. The van der Waals surface area contributed by atoms with Crippen molar-refractivity contribution in [2.45, 2.75) is 12.3 Å². The van der Waals surface area contributed by atoms with Gasteiger partial charge in [-0.05, 0) is 18.1 Å². The second-order valence-electron chi connectivity index (χ2n) is 3.66. The van der Waals surface area contributed by atoms with E-state index >= 15 is 0 Å². The van der Waals surface area contributed by atoms with Crippen LogP contribution in [-0.4, -0.2) is 24.7 Å².